The summed E-state index contributed by atoms with van der Waals surface area (Å²) in [6.45, 7) is 3.13. The Balaban J connectivity index is 1.53. The van der Waals surface area contributed by atoms with Gasteiger partial charge in [-0.25, -0.2) is 0 Å². The fourth-order valence-electron chi connectivity index (χ4n) is 2.99. The Hall–Kier alpha value is -2.11. The molecule has 138 valence electrons. The first-order chi connectivity index (χ1) is 12.6. The van der Waals surface area contributed by atoms with Gasteiger partial charge in [0.25, 0.3) is 0 Å². The summed E-state index contributed by atoms with van der Waals surface area (Å²) in [7, 11) is 1.59. The highest BCUT2D eigenvalue weighted by Crippen LogP contribution is 2.27. The molecule has 1 amide bonds. The molecule has 1 fully saturated rings. The third kappa shape index (κ3) is 4.54. The van der Waals surface area contributed by atoms with E-state index in [0.717, 1.165) is 23.8 Å². The predicted octanol–water partition coefficient (Wildman–Crippen LogP) is 3.76. The van der Waals surface area contributed by atoms with Crippen LogP contribution in [0, 0.1) is 0 Å². The summed E-state index contributed by atoms with van der Waals surface area (Å²) in [6, 6.07) is 13.1. The van der Waals surface area contributed by atoms with E-state index < -0.39 is 0 Å². The van der Waals surface area contributed by atoms with Crippen molar-refractivity contribution in [2.75, 3.05) is 50.1 Å². The molecule has 0 bridgehead atoms. The monoisotopic (exact) mass is 393 g/mol. The van der Waals surface area contributed by atoms with Gasteiger partial charge in [0.2, 0.25) is 5.91 Å². The van der Waals surface area contributed by atoms with Gasteiger partial charge in [0.15, 0.2) is 0 Å². The quantitative estimate of drug-likeness (QED) is 0.839. The summed E-state index contributed by atoms with van der Waals surface area (Å²) < 4.78 is 5.29. The summed E-state index contributed by atoms with van der Waals surface area (Å²) in [4.78, 5) is 16.6. The van der Waals surface area contributed by atoms with Crippen LogP contribution in [0.5, 0.6) is 5.75 Å². The van der Waals surface area contributed by atoms with Gasteiger partial charge in [0, 0.05) is 41.9 Å². The zero-order valence-corrected chi connectivity index (χ0v) is 16.1. The molecule has 1 aliphatic heterocycles. The second-order valence-corrected chi connectivity index (χ2v) is 6.92. The summed E-state index contributed by atoms with van der Waals surface area (Å²) in [5.41, 5.74) is 1.80. The maximum absolute atomic E-state index is 12.5. The number of anilines is 2. The van der Waals surface area contributed by atoms with E-state index >= 15 is 0 Å². The highest BCUT2D eigenvalue weighted by molar-refractivity contribution is 6.31. The smallest absolute Gasteiger partial charge is 0.241 e. The van der Waals surface area contributed by atoms with Gasteiger partial charge >= 0.3 is 0 Å². The largest absolute Gasteiger partial charge is 0.495 e. The van der Waals surface area contributed by atoms with E-state index in [4.69, 9.17) is 27.9 Å². The number of methoxy groups -OCH3 is 1. The molecule has 26 heavy (non-hydrogen) atoms. The SMILES string of the molecule is COc1ccc(Cl)cc1NCC(=O)N1CCN(c2cccc(Cl)c2)CC1. The van der Waals surface area contributed by atoms with Crippen LogP contribution in [0.25, 0.3) is 0 Å². The van der Waals surface area contributed by atoms with E-state index in [1.165, 1.54) is 0 Å². The van der Waals surface area contributed by atoms with Crippen molar-refractivity contribution in [2.45, 2.75) is 0 Å². The van der Waals surface area contributed by atoms with Crippen LogP contribution in [0.3, 0.4) is 0 Å². The fraction of sp³-hybridized carbons (Fsp3) is 0.316. The van der Waals surface area contributed by atoms with E-state index in [9.17, 15) is 4.79 Å². The molecule has 5 nitrogen and oxygen atoms in total. The lowest BCUT2D eigenvalue weighted by Gasteiger charge is -2.36. The summed E-state index contributed by atoms with van der Waals surface area (Å²) in [5.74, 6) is 0.714. The number of ether oxygens (including phenoxy) is 1. The predicted molar refractivity (Wildman–Crippen MR) is 107 cm³/mol. The average molecular weight is 394 g/mol. The molecule has 2 aromatic carbocycles. The zero-order valence-electron chi connectivity index (χ0n) is 14.5. The van der Waals surface area contributed by atoms with Crippen LogP contribution in [0.15, 0.2) is 42.5 Å². The Morgan fingerprint density at radius 1 is 1.08 bits per heavy atom. The van der Waals surface area contributed by atoms with Crippen molar-refractivity contribution in [1.29, 1.82) is 0 Å². The fourth-order valence-corrected chi connectivity index (χ4v) is 3.34. The molecule has 0 saturated carbocycles. The Kier molecular flexibility index (Phi) is 6.12. The lowest BCUT2D eigenvalue weighted by Crippen LogP contribution is -2.50. The van der Waals surface area contributed by atoms with Crippen molar-refractivity contribution in [3.05, 3.63) is 52.5 Å². The second kappa shape index (κ2) is 8.52. The number of carbonyl (C=O) groups excluding carboxylic acids is 1. The molecule has 0 unspecified atom stereocenters. The van der Waals surface area contributed by atoms with Crippen LogP contribution in [0.2, 0.25) is 10.0 Å². The van der Waals surface area contributed by atoms with E-state index in [-0.39, 0.29) is 12.5 Å². The maximum atomic E-state index is 12.5. The third-order valence-corrected chi connectivity index (χ3v) is 4.87. The molecule has 0 atom stereocenters. The molecular formula is C19H21Cl2N3O2. The lowest BCUT2D eigenvalue weighted by molar-refractivity contribution is -0.129. The first-order valence-electron chi connectivity index (χ1n) is 8.42. The van der Waals surface area contributed by atoms with E-state index in [1.54, 1.807) is 25.3 Å². The first-order valence-corrected chi connectivity index (χ1v) is 9.18. The molecule has 1 N–H and O–H groups in total. The van der Waals surface area contributed by atoms with Gasteiger partial charge in [0.1, 0.15) is 5.75 Å². The molecule has 2 aromatic rings. The molecule has 0 aliphatic carbocycles. The number of piperazine rings is 1. The molecule has 0 aromatic heterocycles. The number of carbonyl (C=O) groups is 1. The Labute approximate surface area is 163 Å². The number of amides is 1. The van der Waals surface area contributed by atoms with Gasteiger partial charge in [-0.15, -0.1) is 0 Å². The normalized spacial score (nSPS) is 14.3. The van der Waals surface area contributed by atoms with Crippen LogP contribution >= 0.6 is 23.2 Å². The Morgan fingerprint density at radius 3 is 2.50 bits per heavy atom. The minimum absolute atomic E-state index is 0.0535. The highest BCUT2D eigenvalue weighted by atomic mass is 35.5. The number of nitrogens with one attached hydrogen (secondary N) is 1. The molecule has 0 spiro atoms. The number of hydrogen-bond acceptors (Lipinski definition) is 4. The van der Waals surface area contributed by atoms with Gasteiger partial charge in [0.05, 0.1) is 19.3 Å². The summed E-state index contributed by atoms with van der Waals surface area (Å²) >= 11 is 12.1. The zero-order chi connectivity index (χ0) is 18.5. The minimum atomic E-state index is 0.0535. The molecule has 3 rings (SSSR count). The van der Waals surface area contributed by atoms with E-state index in [2.05, 4.69) is 10.2 Å². The van der Waals surface area contributed by atoms with Gasteiger partial charge in [-0.2, -0.15) is 0 Å². The standard InChI is InChI=1S/C19H21Cl2N3O2/c1-26-18-6-5-15(21)12-17(18)22-13-19(25)24-9-7-23(8-10-24)16-4-2-3-14(20)11-16/h2-6,11-12,22H,7-10,13H2,1H3. The number of hydrogen-bond donors (Lipinski definition) is 1. The molecule has 7 heteroatoms. The van der Waals surface area contributed by atoms with Crippen LogP contribution in [0.1, 0.15) is 0 Å². The van der Waals surface area contributed by atoms with Crippen molar-refractivity contribution < 1.29 is 9.53 Å². The maximum Gasteiger partial charge on any atom is 0.241 e. The Morgan fingerprint density at radius 2 is 1.81 bits per heavy atom. The average Bonchev–Trinajstić information content (AvgIpc) is 2.66. The number of rotatable bonds is 5. The lowest BCUT2D eigenvalue weighted by atomic mass is 10.2. The molecule has 1 aliphatic rings. The molecule has 0 radical (unpaired) electrons. The van der Waals surface area contributed by atoms with Gasteiger partial charge in [-0.3, -0.25) is 4.79 Å². The van der Waals surface area contributed by atoms with Crippen molar-refractivity contribution in [2.24, 2.45) is 0 Å². The van der Waals surface area contributed by atoms with Crippen LogP contribution in [-0.4, -0.2) is 50.6 Å². The van der Waals surface area contributed by atoms with Crippen molar-refractivity contribution >= 4 is 40.5 Å². The van der Waals surface area contributed by atoms with E-state index in [0.29, 0.717) is 29.5 Å². The highest BCUT2D eigenvalue weighted by Gasteiger charge is 2.21. The number of benzene rings is 2. The van der Waals surface area contributed by atoms with Crippen molar-refractivity contribution in [3.8, 4) is 5.75 Å². The molecular weight excluding hydrogens is 373 g/mol. The topological polar surface area (TPSA) is 44.8 Å². The van der Waals surface area contributed by atoms with Gasteiger partial charge in [-0.1, -0.05) is 29.3 Å². The van der Waals surface area contributed by atoms with Gasteiger partial charge in [-0.05, 0) is 36.4 Å². The second-order valence-electron chi connectivity index (χ2n) is 6.05. The van der Waals surface area contributed by atoms with E-state index in [1.807, 2.05) is 29.2 Å². The summed E-state index contributed by atoms with van der Waals surface area (Å²) in [5, 5.41) is 4.44. The molecule has 1 saturated heterocycles. The van der Waals surface area contributed by atoms with Crippen molar-refractivity contribution in [1.82, 2.24) is 4.90 Å². The van der Waals surface area contributed by atoms with Gasteiger partial charge < -0.3 is 19.9 Å². The van der Waals surface area contributed by atoms with Crippen LogP contribution in [-0.2, 0) is 4.79 Å². The number of halogens is 2. The molecule has 1 heterocycles. The Bertz CT molecular complexity index is 777. The third-order valence-electron chi connectivity index (χ3n) is 4.40. The van der Waals surface area contributed by atoms with Crippen molar-refractivity contribution in [3.63, 3.8) is 0 Å². The van der Waals surface area contributed by atoms with Crippen LogP contribution < -0.4 is 15.0 Å². The minimum Gasteiger partial charge on any atom is -0.495 e. The first kappa shape index (κ1) is 18.7. The summed E-state index contributed by atoms with van der Waals surface area (Å²) in [6.07, 6.45) is 0. The van der Waals surface area contributed by atoms with Crippen LogP contribution in [0.4, 0.5) is 11.4 Å². The number of nitrogens with zero attached hydrogens (tertiary/aromatic N) is 2.